The van der Waals surface area contributed by atoms with Gasteiger partial charge in [-0.2, -0.15) is 18.4 Å². The van der Waals surface area contributed by atoms with E-state index in [4.69, 9.17) is 34.2 Å². The molecule has 2 aromatic heterocycles. The third kappa shape index (κ3) is 11.8. The molecule has 2 aliphatic heterocycles. The van der Waals surface area contributed by atoms with Crippen molar-refractivity contribution < 1.29 is 40.7 Å². The van der Waals surface area contributed by atoms with Crippen LogP contribution in [0.3, 0.4) is 0 Å². The fourth-order valence-electron chi connectivity index (χ4n) is 5.59. The maximum atomic E-state index is 12.6. The summed E-state index contributed by atoms with van der Waals surface area (Å²) in [5.41, 5.74) is 9.71. The highest BCUT2D eigenvalue weighted by Crippen LogP contribution is 2.32. The molecular weight excluding hydrogens is 801 g/mol. The van der Waals surface area contributed by atoms with Gasteiger partial charge in [0, 0.05) is 56.5 Å². The first-order chi connectivity index (χ1) is 27.0. The molecule has 0 saturated carbocycles. The van der Waals surface area contributed by atoms with Crippen molar-refractivity contribution in [2.24, 2.45) is 5.73 Å². The molecule has 0 atom stereocenters. The molecule has 0 radical (unpaired) electrons. The monoisotopic (exact) mass is 832 g/mol. The predicted octanol–water partition coefficient (Wildman–Crippen LogP) is 9.36. The zero-order valence-electron chi connectivity index (χ0n) is 29.6. The fraction of sp³-hybridized carbons (Fsp3) is 0.237. The van der Waals surface area contributed by atoms with Crippen molar-refractivity contribution in [3.05, 3.63) is 123 Å². The molecule has 0 saturated heterocycles. The van der Waals surface area contributed by atoms with Crippen LogP contribution in [0.1, 0.15) is 40.9 Å². The summed E-state index contributed by atoms with van der Waals surface area (Å²) in [5.74, 6) is -0.368. The topological polar surface area (TPSA) is 150 Å². The summed E-state index contributed by atoms with van der Waals surface area (Å²) >= 11 is 12.4. The van der Waals surface area contributed by atoms with Crippen molar-refractivity contribution in [2.75, 3.05) is 36.8 Å². The lowest BCUT2D eigenvalue weighted by molar-refractivity contribution is -0.274. The smallest absolute Gasteiger partial charge is 0.406 e. The first-order valence-corrected chi connectivity index (χ1v) is 17.7. The number of pyridine rings is 2. The van der Waals surface area contributed by atoms with Gasteiger partial charge in [0.1, 0.15) is 11.8 Å². The summed E-state index contributed by atoms with van der Waals surface area (Å²) in [7, 11) is 0. The van der Waals surface area contributed by atoms with E-state index in [1.165, 1.54) is 36.5 Å². The molecule has 19 heteroatoms. The number of nitriles is 1. The third-order valence-electron chi connectivity index (χ3n) is 8.51. The molecule has 0 unspecified atom stereocenters. The van der Waals surface area contributed by atoms with Crippen LogP contribution in [0.15, 0.2) is 85.2 Å². The lowest BCUT2D eigenvalue weighted by atomic mass is 10.0. The number of benzene rings is 2. The number of rotatable bonds is 6. The molecule has 6 rings (SSSR count). The highest BCUT2D eigenvalue weighted by atomic mass is 35.5. The Hall–Kier alpha value is -5.83. The van der Waals surface area contributed by atoms with E-state index < -0.39 is 18.1 Å². The van der Waals surface area contributed by atoms with Crippen LogP contribution >= 0.6 is 23.2 Å². The molecule has 4 N–H and O–H groups in total. The molecule has 298 valence electrons. The molecular formula is C38H32Cl2F6N8O3. The van der Waals surface area contributed by atoms with Gasteiger partial charge >= 0.3 is 24.6 Å². The van der Waals surface area contributed by atoms with Gasteiger partial charge in [0.15, 0.2) is 0 Å². The fourth-order valence-corrected chi connectivity index (χ4v) is 6.18. The van der Waals surface area contributed by atoms with Gasteiger partial charge in [0.05, 0.1) is 32.6 Å². The number of urea groups is 2. The highest BCUT2D eigenvalue weighted by Gasteiger charge is 2.31. The van der Waals surface area contributed by atoms with Gasteiger partial charge in [-0.15, -0.1) is 13.2 Å². The molecule has 0 fully saturated rings. The maximum Gasteiger partial charge on any atom is 0.573 e. The van der Waals surface area contributed by atoms with Crippen LogP contribution in [-0.2, 0) is 12.7 Å². The van der Waals surface area contributed by atoms with Gasteiger partial charge in [0.25, 0.3) is 0 Å². The minimum absolute atomic E-state index is 0.301. The Balaban J connectivity index is 0.000000218. The second kappa shape index (κ2) is 18.4. The lowest BCUT2D eigenvalue weighted by Crippen LogP contribution is -2.38. The van der Waals surface area contributed by atoms with E-state index in [1.54, 1.807) is 22.1 Å². The molecule has 0 spiro atoms. The van der Waals surface area contributed by atoms with Crippen LogP contribution in [0.4, 0.5) is 47.3 Å². The van der Waals surface area contributed by atoms with Crippen LogP contribution in [0.2, 0.25) is 10.0 Å². The van der Waals surface area contributed by atoms with Crippen LogP contribution in [0, 0.1) is 11.3 Å². The SMILES string of the molecule is N#Cc1cnc(C2=CCN(C(=O)Nc3ccc(OC(F)(F)F)cc3)CC2)c(Cl)c1.NCc1cnc(C2=CCN(C(=O)Nc3ccc(C(F)(F)F)cc3)CC2)c(Cl)c1. The number of hydrogen-bond acceptors (Lipinski definition) is 7. The Morgan fingerprint density at radius 2 is 1.28 bits per heavy atom. The van der Waals surface area contributed by atoms with Crippen LogP contribution < -0.4 is 21.1 Å². The number of nitrogens with one attached hydrogen (secondary N) is 2. The average molecular weight is 834 g/mol. The van der Waals surface area contributed by atoms with Gasteiger partial charge in [0.2, 0.25) is 0 Å². The van der Waals surface area contributed by atoms with Crippen molar-refractivity contribution in [3.63, 3.8) is 0 Å². The molecule has 0 aliphatic carbocycles. The van der Waals surface area contributed by atoms with Crippen molar-refractivity contribution in [3.8, 4) is 11.8 Å². The Morgan fingerprint density at radius 1 is 0.789 bits per heavy atom. The van der Waals surface area contributed by atoms with E-state index in [2.05, 4.69) is 25.3 Å². The minimum atomic E-state index is -4.77. The largest absolute Gasteiger partial charge is 0.573 e. The number of amides is 4. The standard InChI is InChI=1S/C19H14ClF3N4O2.C19H18ClF3N4O/c20-16-9-12(10-24)11-25-17(16)13-5-7-27(8-6-13)18(28)26-14-1-3-15(4-2-14)29-19(21,22)23;20-16-9-12(10-24)11-25-17(16)13-5-7-27(8-6-13)18(28)26-15-3-1-14(2-4-15)19(21,22)23/h1-5,9,11H,6-8H2,(H,26,28);1-5,9,11H,6-8,10,24H2,(H,26,28). The van der Waals surface area contributed by atoms with Crippen molar-refractivity contribution in [1.29, 1.82) is 5.26 Å². The number of carbonyl (C=O) groups is 2. The van der Waals surface area contributed by atoms with E-state index in [-0.39, 0.29) is 17.8 Å². The zero-order valence-corrected chi connectivity index (χ0v) is 31.1. The van der Waals surface area contributed by atoms with Gasteiger partial charge in [-0.05, 0) is 90.2 Å². The van der Waals surface area contributed by atoms with Crippen molar-refractivity contribution in [1.82, 2.24) is 19.8 Å². The number of anilines is 2. The van der Waals surface area contributed by atoms with Gasteiger partial charge in [-0.25, -0.2) is 9.59 Å². The molecule has 11 nitrogen and oxygen atoms in total. The number of ether oxygens (including phenoxy) is 1. The third-order valence-corrected chi connectivity index (χ3v) is 9.08. The summed E-state index contributed by atoms with van der Waals surface area (Å²) in [4.78, 5) is 36.4. The number of carbonyl (C=O) groups excluding carboxylic acids is 2. The Kier molecular flexibility index (Phi) is 13.7. The molecule has 4 amide bonds. The summed E-state index contributed by atoms with van der Waals surface area (Å²) in [6.45, 7) is 1.86. The lowest BCUT2D eigenvalue weighted by Gasteiger charge is -2.27. The van der Waals surface area contributed by atoms with Crippen LogP contribution in [0.25, 0.3) is 11.1 Å². The molecule has 2 aliphatic rings. The average Bonchev–Trinajstić information content (AvgIpc) is 3.18. The van der Waals surface area contributed by atoms with E-state index >= 15 is 0 Å². The summed E-state index contributed by atoms with van der Waals surface area (Å²) in [5, 5.41) is 15.0. The molecule has 4 heterocycles. The number of hydrogen-bond donors (Lipinski definition) is 3. The van der Waals surface area contributed by atoms with Crippen LogP contribution in [-0.4, -0.2) is 64.4 Å². The number of halogens is 8. The maximum absolute atomic E-state index is 12.6. The summed E-state index contributed by atoms with van der Waals surface area (Å²) < 4.78 is 78.1. The van der Waals surface area contributed by atoms with Gasteiger partial charge in [-0.3, -0.25) is 9.97 Å². The van der Waals surface area contributed by atoms with Gasteiger partial charge < -0.3 is 30.9 Å². The number of nitrogens with zero attached hydrogens (tertiary/aromatic N) is 5. The van der Waals surface area contributed by atoms with E-state index in [0.717, 1.165) is 41.0 Å². The Labute approximate surface area is 332 Å². The van der Waals surface area contributed by atoms with E-state index in [9.17, 15) is 35.9 Å². The van der Waals surface area contributed by atoms with Crippen LogP contribution in [0.5, 0.6) is 5.75 Å². The van der Waals surface area contributed by atoms with Gasteiger partial charge in [-0.1, -0.05) is 35.4 Å². The number of nitrogens with two attached hydrogens (primary N) is 1. The predicted molar refractivity (Wildman–Crippen MR) is 202 cm³/mol. The second-order valence-corrected chi connectivity index (χ2v) is 13.2. The summed E-state index contributed by atoms with van der Waals surface area (Å²) in [6.07, 6.45) is -1.29. The molecule has 4 aromatic rings. The Bertz CT molecular complexity index is 2190. The zero-order chi connectivity index (χ0) is 41.3. The molecule has 2 aromatic carbocycles. The quantitative estimate of drug-likeness (QED) is 0.164. The first-order valence-electron chi connectivity index (χ1n) is 17.0. The van der Waals surface area contributed by atoms with Crippen molar-refractivity contribution in [2.45, 2.75) is 31.9 Å². The second-order valence-electron chi connectivity index (χ2n) is 12.4. The van der Waals surface area contributed by atoms with E-state index in [0.29, 0.717) is 83.9 Å². The first kappa shape index (κ1) is 42.3. The number of aromatic nitrogens is 2. The van der Waals surface area contributed by atoms with E-state index in [1.807, 2.05) is 18.2 Å². The van der Waals surface area contributed by atoms with Crippen molar-refractivity contribution >= 4 is 57.8 Å². The normalized spacial score (nSPS) is 14.3. The highest BCUT2D eigenvalue weighted by molar-refractivity contribution is 6.32. The minimum Gasteiger partial charge on any atom is -0.406 e. The Morgan fingerprint density at radius 3 is 1.68 bits per heavy atom. The summed E-state index contributed by atoms with van der Waals surface area (Å²) in [6, 6.07) is 13.7. The number of alkyl halides is 6. The molecule has 57 heavy (non-hydrogen) atoms. The molecule has 0 bridgehead atoms.